The molecule has 0 radical (unpaired) electrons. The summed E-state index contributed by atoms with van der Waals surface area (Å²) < 4.78 is 14.0. The Labute approximate surface area is 133 Å². The number of nitrogens with two attached hydrogens (primary N) is 1. The molecule has 1 aromatic carbocycles. The van der Waals surface area contributed by atoms with E-state index in [-0.39, 0.29) is 35.0 Å². The van der Waals surface area contributed by atoms with E-state index < -0.39 is 0 Å². The van der Waals surface area contributed by atoms with E-state index in [9.17, 15) is 9.18 Å². The lowest BCUT2D eigenvalue weighted by Crippen LogP contribution is -2.50. The van der Waals surface area contributed by atoms with Crippen molar-refractivity contribution in [1.82, 2.24) is 0 Å². The third-order valence-corrected chi connectivity index (χ3v) is 5.70. The van der Waals surface area contributed by atoms with E-state index in [2.05, 4.69) is 42.0 Å². The molecule has 1 aliphatic carbocycles. The third kappa shape index (κ3) is 3.29. The standard InChI is InChI=1S/C16H22BrFN2O/c1-9-13(19)7-5-11(16(9,2)3)15(21)20-14-8-10(18)4-6-12(14)17/h4,6,8-9,11,13H,5,7,19H2,1-3H3,(H,20,21). The fourth-order valence-corrected chi connectivity index (χ4v) is 3.48. The van der Waals surface area contributed by atoms with Crippen LogP contribution in [-0.4, -0.2) is 11.9 Å². The molecule has 1 fully saturated rings. The molecule has 0 heterocycles. The van der Waals surface area contributed by atoms with Crippen LogP contribution in [0.2, 0.25) is 0 Å². The smallest absolute Gasteiger partial charge is 0.228 e. The van der Waals surface area contributed by atoms with Crippen molar-refractivity contribution in [2.24, 2.45) is 23.0 Å². The van der Waals surface area contributed by atoms with Gasteiger partial charge in [0.2, 0.25) is 5.91 Å². The minimum absolute atomic E-state index is 0.0648. The summed E-state index contributed by atoms with van der Waals surface area (Å²) in [7, 11) is 0. The number of carbonyl (C=O) groups is 1. The van der Waals surface area contributed by atoms with Crippen molar-refractivity contribution in [1.29, 1.82) is 0 Å². The van der Waals surface area contributed by atoms with Crippen LogP contribution in [0.1, 0.15) is 33.6 Å². The van der Waals surface area contributed by atoms with E-state index in [1.165, 1.54) is 12.1 Å². The second-order valence-electron chi connectivity index (χ2n) is 6.52. The van der Waals surface area contributed by atoms with Crippen LogP contribution in [0.5, 0.6) is 0 Å². The van der Waals surface area contributed by atoms with E-state index in [1.807, 2.05) is 0 Å². The van der Waals surface area contributed by atoms with Crippen LogP contribution in [0.3, 0.4) is 0 Å². The molecule has 0 saturated heterocycles. The minimum Gasteiger partial charge on any atom is -0.327 e. The van der Waals surface area contributed by atoms with Gasteiger partial charge in [0.05, 0.1) is 5.69 Å². The first-order chi connectivity index (χ1) is 9.73. The highest BCUT2D eigenvalue weighted by atomic mass is 79.9. The second kappa shape index (κ2) is 6.05. The zero-order valence-electron chi connectivity index (χ0n) is 12.6. The second-order valence-corrected chi connectivity index (χ2v) is 7.37. The molecule has 2 rings (SSSR count). The molecule has 21 heavy (non-hydrogen) atoms. The van der Waals surface area contributed by atoms with E-state index in [0.29, 0.717) is 10.2 Å². The summed E-state index contributed by atoms with van der Waals surface area (Å²) in [5, 5.41) is 2.85. The summed E-state index contributed by atoms with van der Waals surface area (Å²) in [6.45, 7) is 6.27. The highest BCUT2D eigenvalue weighted by Crippen LogP contribution is 2.45. The Morgan fingerprint density at radius 1 is 1.43 bits per heavy atom. The van der Waals surface area contributed by atoms with Crippen LogP contribution in [-0.2, 0) is 4.79 Å². The van der Waals surface area contributed by atoms with Crippen molar-refractivity contribution in [3.05, 3.63) is 28.5 Å². The number of benzene rings is 1. The summed E-state index contributed by atoms with van der Waals surface area (Å²) in [5.41, 5.74) is 6.42. The average molecular weight is 357 g/mol. The van der Waals surface area contributed by atoms with Crippen LogP contribution < -0.4 is 11.1 Å². The van der Waals surface area contributed by atoms with Gasteiger partial charge in [0.15, 0.2) is 0 Å². The van der Waals surface area contributed by atoms with Crippen molar-refractivity contribution in [3.63, 3.8) is 0 Å². The van der Waals surface area contributed by atoms with Gasteiger partial charge in [0.1, 0.15) is 5.82 Å². The number of nitrogens with one attached hydrogen (secondary N) is 1. The number of hydrogen-bond donors (Lipinski definition) is 2. The van der Waals surface area contributed by atoms with Crippen LogP contribution in [0.4, 0.5) is 10.1 Å². The van der Waals surface area contributed by atoms with Gasteiger partial charge in [-0.1, -0.05) is 20.8 Å². The number of hydrogen-bond acceptors (Lipinski definition) is 2. The van der Waals surface area contributed by atoms with E-state index >= 15 is 0 Å². The summed E-state index contributed by atoms with van der Waals surface area (Å²) in [6, 6.07) is 4.40. The highest BCUT2D eigenvalue weighted by Gasteiger charge is 2.45. The number of carbonyl (C=O) groups excluding carboxylic acids is 1. The number of amides is 1. The molecule has 0 aliphatic heterocycles. The van der Waals surface area contributed by atoms with Gasteiger partial charge in [0.25, 0.3) is 0 Å². The lowest BCUT2D eigenvalue weighted by Gasteiger charge is -2.46. The molecule has 0 bridgehead atoms. The number of anilines is 1. The lowest BCUT2D eigenvalue weighted by molar-refractivity contribution is -0.127. The van der Waals surface area contributed by atoms with Crippen LogP contribution in [0.15, 0.2) is 22.7 Å². The quantitative estimate of drug-likeness (QED) is 0.843. The van der Waals surface area contributed by atoms with E-state index in [0.717, 1.165) is 12.8 Å². The molecule has 3 atom stereocenters. The molecule has 3 N–H and O–H groups in total. The normalized spacial score (nSPS) is 28.2. The third-order valence-electron chi connectivity index (χ3n) is 5.01. The maximum atomic E-state index is 13.3. The monoisotopic (exact) mass is 356 g/mol. The van der Waals surface area contributed by atoms with Gasteiger partial charge >= 0.3 is 0 Å². The fraction of sp³-hybridized carbons (Fsp3) is 0.562. The van der Waals surface area contributed by atoms with Crippen molar-refractivity contribution in [2.75, 3.05) is 5.32 Å². The Kier molecular flexibility index (Phi) is 4.73. The Morgan fingerprint density at radius 2 is 2.10 bits per heavy atom. The molecular formula is C16H22BrFN2O. The molecule has 0 spiro atoms. The first-order valence-corrected chi connectivity index (χ1v) is 8.04. The Morgan fingerprint density at radius 3 is 2.76 bits per heavy atom. The van der Waals surface area contributed by atoms with Crippen molar-refractivity contribution in [2.45, 2.75) is 39.7 Å². The molecular weight excluding hydrogens is 335 g/mol. The van der Waals surface area contributed by atoms with Crippen LogP contribution in [0.25, 0.3) is 0 Å². The molecule has 116 valence electrons. The average Bonchev–Trinajstić information content (AvgIpc) is 2.40. The lowest BCUT2D eigenvalue weighted by atomic mass is 9.61. The maximum absolute atomic E-state index is 13.3. The van der Waals surface area contributed by atoms with Crippen LogP contribution >= 0.6 is 15.9 Å². The Balaban J connectivity index is 2.18. The fourth-order valence-electron chi connectivity index (χ4n) is 3.13. The summed E-state index contributed by atoms with van der Waals surface area (Å²) in [6.07, 6.45) is 1.60. The molecule has 1 amide bonds. The van der Waals surface area contributed by atoms with Crippen molar-refractivity contribution in [3.8, 4) is 0 Å². The van der Waals surface area contributed by atoms with Crippen molar-refractivity contribution >= 4 is 27.5 Å². The van der Waals surface area contributed by atoms with E-state index in [1.54, 1.807) is 6.07 Å². The molecule has 1 aliphatic rings. The predicted molar refractivity (Wildman–Crippen MR) is 86.4 cm³/mol. The molecule has 1 aromatic rings. The molecule has 3 unspecified atom stereocenters. The minimum atomic E-state index is -0.369. The van der Waals surface area contributed by atoms with Crippen molar-refractivity contribution < 1.29 is 9.18 Å². The summed E-state index contributed by atoms with van der Waals surface area (Å²) in [5.74, 6) is -0.294. The zero-order chi connectivity index (χ0) is 15.8. The predicted octanol–water partition coefficient (Wildman–Crippen LogP) is 3.93. The maximum Gasteiger partial charge on any atom is 0.228 e. The van der Waals surface area contributed by atoms with E-state index in [4.69, 9.17) is 5.73 Å². The topological polar surface area (TPSA) is 55.1 Å². The Hall–Kier alpha value is -0.940. The van der Waals surface area contributed by atoms with Gasteiger partial charge in [-0.15, -0.1) is 0 Å². The molecule has 5 heteroatoms. The SMILES string of the molecule is CC1C(N)CCC(C(=O)Nc2cc(F)ccc2Br)C1(C)C. The number of halogens is 2. The first kappa shape index (κ1) is 16.4. The first-order valence-electron chi connectivity index (χ1n) is 7.25. The van der Waals surface area contributed by atoms with Gasteiger partial charge in [-0.2, -0.15) is 0 Å². The summed E-state index contributed by atoms with van der Waals surface area (Å²) >= 11 is 3.33. The van der Waals surface area contributed by atoms with Gasteiger partial charge in [-0.05, 0) is 58.3 Å². The molecule has 1 saturated carbocycles. The number of rotatable bonds is 2. The summed E-state index contributed by atoms with van der Waals surface area (Å²) in [4.78, 5) is 12.6. The molecule has 0 aromatic heterocycles. The van der Waals surface area contributed by atoms with Crippen LogP contribution in [0, 0.1) is 23.1 Å². The largest absolute Gasteiger partial charge is 0.327 e. The highest BCUT2D eigenvalue weighted by molar-refractivity contribution is 9.10. The van der Waals surface area contributed by atoms with Gasteiger partial charge in [0, 0.05) is 16.4 Å². The van der Waals surface area contributed by atoms with Gasteiger partial charge in [-0.3, -0.25) is 4.79 Å². The molecule has 3 nitrogen and oxygen atoms in total. The Bertz CT molecular complexity index is 547. The van der Waals surface area contributed by atoms with Gasteiger partial charge < -0.3 is 11.1 Å². The zero-order valence-corrected chi connectivity index (χ0v) is 14.2. The van der Waals surface area contributed by atoms with Gasteiger partial charge in [-0.25, -0.2) is 4.39 Å².